The van der Waals surface area contributed by atoms with Gasteiger partial charge in [0.1, 0.15) is 5.69 Å². The number of amides is 1. The quantitative estimate of drug-likeness (QED) is 0.310. The Morgan fingerprint density at radius 1 is 0.892 bits per heavy atom. The number of aryl methyl sites for hydroxylation is 1. The fourth-order valence-corrected chi connectivity index (χ4v) is 4.14. The van der Waals surface area contributed by atoms with Gasteiger partial charge in [0.2, 0.25) is 5.88 Å². The number of nitrogens with zero attached hydrogens (tertiary/aromatic N) is 3. The molecule has 0 aliphatic heterocycles. The Hall–Kier alpha value is -4.85. The van der Waals surface area contributed by atoms with Crippen LogP contribution in [0.15, 0.2) is 84.9 Å². The Bertz CT molecular complexity index is 1550. The Labute approximate surface area is 214 Å². The summed E-state index contributed by atoms with van der Waals surface area (Å²) in [5.41, 5.74) is 4.88. The number of rotatable bonds is 8. The monoisotopic (exact) mass is 494 g/mol. The van der Waals surface area contributed by atoms with Gasteiger partial charge in [0.25, 0.3) is 5.91 Å². The zero-order valence-electron chi connectivity index (χ0n) is 20.8. The number of nitrogens with one attached hydrogen (secondary N) is 1. The topological polar surface area (TPSA) is 87.5 Å². The summed E-state index contributed by atoms with van der Waals surface area (Å²) in [6, 6.07) is 26.8. The minimum Gasteiger partial charge on any atom is -0.493 e. The molecule has 186 valence electrons. The van der Waals surface area contributed by atoms with E-state index in [1.54, 1.807) is 37.1 Å². The van der Waals surface area contributed by atoms with E-state index in [0.717, 1.165) is 27.9 Å². The largest absolute Gasteiger partial charge is 0.493 e. The van der Waals surface area contributed by atoms with Gasteiger partial charge in [-0.15, -0.1) is 0 Å². The van der Waals surface area contributed by atoms with Crippen molar-refractivity contribution in [2.24, 2.45) is 0 Å². The fourth-order valence-electron chi connectivity index (χ4n) is 4.14. The summed E-state index contributed by atoms with van der Waals surface area (Å²) in [6.45, 7) is 1.78. The minimum absolute atomic E-state index is 0.211. The van der Waals surface area contributed by atoms with E-state index in [0.29, 0.717) is 28.7 Å². The summed E-state index contributed by atoms with van der Waals surface area (Å²) >= 11 is 0. The number of aromatic nitrogens is 3. The van der Waals surface area contributed by atoms with Gasteiger partial charge in [0, 0.05) is 23.4 Å². The average Bonchev–Trinajstić information content (AvgIpc) is 3.33. The number of fused-ring (bicyclic) bond motifs is 1. The van der Waals surface area contributed by atoms with Crippen LogP contribution in [0.5, 0.6) is 17.4 Å². The third-order valence-corrected chi connectivity index (χ3v) is 5.88. The number of ether oxygens (including phenoxy) is 3. The molecule has 0 aliphatic carbocycles. The van der Waals surface area contributed by atoms with E-state index in [2.05, 4.69) is 5.32 Å². The molecule has 5 aromatic rings. The number of pyridine rings is 1. The first-order chi connectivity index (χ1) is 18.1. The van der Waals surface area contributed by atoms with Gasteiger partial charge < -0.3 is 19.5 Å². The number of anilines is 1. The van der Waals surface area contributed by atoms with Crippen LogP contribution >= 0.6 is 0 Å². The molecule has 0 atom stereocenters. The molecule has 2 aromatic heterocycles. The highest BCUT2D eigenvalue weighted by atomic mass is 16.5. The van der Waals surface area contributed by atoms with Crippen molar-refractivity contribution in [2.45, 2.75) is 6.92 Å². The van der Waals surface area contributed by atoms with Gasteiger partial charge in [-0.2, -0.15) is 10.1 Å². The Balaban J connectivity index is 1.43. The van der Waals surface area contributed by atoms with Gasteiger partial charge >= 0.3 is 0 Å². The number of hydrogen-bond donors (Lipinski definition) is 1. The summed E-state index contributed by atoms with van der Waals surface area (Å²) in [5, 5.41) is 8.65. The van der Waals surface area contributed by atoms with E-state index in [9.17, 15) is 4.79 Å². The van der Waals surface area contributed by atoms with Crippen LogP contribution < -0.4 is 19.5 Å². The van der Waals surface area contributed by atoms with Crippen LogP contribution in [0, 0.1) is 6.92 Å². The number of hydrogen-bond acceptors (Lipinski definition) is 6. The molecule has 2 heterocycles. The normalized spacial score (nSPS) is 10.8. The first-order valence-electron chi connectivity index (χ1n) is 11.7. The lowest BCUT2D eigenvalue weighted by molar-refractivity contribution is -0.118. The Kier molecular flexibility index (Phi) is 6.72. The van der Waals surface area contributed by atoms with Gasteiger partial charge in [-0.3, -0.25) is 4.79 Å². The summed E-state index contributed by atoms with van der Waals surface area (Å²) < 4.78 is 18.2. The molecule has 0 spiro atoms. The predicted molar refractivity (Wildman–Crippen MR) is 143 cm³/mol. The van der Waals surface area contributed by atoms with E-state index >= 15 is 0 Å². The minimum atomic E-state index is -0.326. The maximum absolute atomic E-state index is 12.6. The molecule has 0 unspecified atom stereocenters. The number of carbonyl (C=O) groups is 1. The maximum atomic E-state index is 12.6. The van der Waals surface area contributed by atoms with Crippen LogP contribution in [0.1, 0.15) is 5.56 Å². The van der Waals surface area contributed by atoms with Gasteiger partial charge in [0.15, 0.2) is 23.8 Å². The van der Waals surface area contributed by atoms with Crippen LogP contribution in [0.2, 0.25) is 0 Å². The molecule has 3 aromatic carbocycles. The molecule has 0 aliphatic rings. The highest BCUT2D eigenvalue weighted by molar-refractivity contribution is 5.95. The van der Waals surface area contributed by atoms with E-state index in [4.69, 9.17) is 24.3 Å². The summed E-state index contributed by atoms with van der Waals surface area (Å²) in [4.78, 5) is 17.4. The second kappa shape index (κ2) is 10.4. The van der Waals surface area contributed by atoms with Crippen molar-refractivity contribution in [1.82, 2.24) is 14.8 Å². The summed E-state index contributed by atoms with van der Waals surface area (Å²) in [5.74, 6) is 1.11. The molecule has 37 heavy (non-hydrogen) atoms. The number of benzene rings is 3. The first-order valence-corrected chi connectivity index (χ1v) is 11.7. The standard InChI is InChI=1S/C29H26N4O4/c1-19-16-26(37-18-25(34)30-21-14-15-23(35-2)24(17-21)36-3)31-29-27(19)28(20-10-6-4-7-11-20)32-33(29)22-12-8-5-9-13-22/h4-17H,18H2,1-3H3,(H,30,34). The summed E-state index contributed by atoms with van der Waals surface area (Å²) in [6.07, 6.45) is 0. The molecule has 0 bridgehead atoms. The third-order valence-electron chi connectivity index (χ3n) is 5.88. The molecule has 1 N–H and O–H groups in total. The van der Waals surface area contributed by atoms with Crippen molar-refractivity contribution >= 4 is 22.6 Å². The molecule has 8 heteroatoms. The number of methoxy groups -OCH3 is 2. The van der Waals surface area contributed by atoms with E-state index in [-0.39, 0.29) is 12.5 Å². The van der Waals surface area contributed by atoms with Crippen LogP contribution in [0.3, 0.4) is 0 Å². The van der Waals surface area contributed by atoms with Crippen molar-refractivity contribution in [3.8, 4) is 34.3 Å². The molecule has 0 radical (unpaired) electrons. The Morgan fingerprint density at radius 3 is 2.30 bits per heavy atom. The molecule has 1 amide bonds. The fraction of sp³-hybridized carbons (Fsp3) is 0.138. The van der Waals surface area contributed by atoms with Crippen LogP contribution in [-0.4, -0.2) is 41.5 Å². The SMILES string of the molecule is COc1ccc(NC(=O)COc2cc(C)c3c(-c4ccccc4)nn(-c4ccccc4)c3n2)cc1OC. The smallest absolute Gasteiger partial charge is 0.262 e. The second-order valence-electron chi connectivity index (χ2n) is 8.34. The zero-order chi connectivity index (χ0) is 25.8. The zero-order valence-corrected chi connectivity index (χ0v) is 20.8. The highest BCUT2D eigenvalue weighted by Crippen LogP contribution is 2.33. The summed E-state index contributed by atoms with van der Waals surface area (Å²) in [7, 11) is 3.10. The second-order valence-corrected chi connectivity index (χ2v) is 8.34. The average molecular weight is 495 g/mol. The van der Waals surface area contributed by atoms with Crippen molar-refractivity contribution in [2.75, 3.05) is 26.1 Å². The molecule has 5 rings (SSSR count). The number of carbonyl (C=O) groups excluding carboxylic acids is 1. The molecule has 0 saturated carbocycles. The van der Waals surface area contributed by atoms with Crippen molar-refractivity contribution in [3.63, 3.8) is 0 Å². The highest BCUT2D eigenvalue weighted by Gasteiger charge is 2.19. The van der Waals surface area contributed by atoms with E-state index in [1.807, 2.05) is 73.7 Å². The van der Waals surface area contributed by atoms with Crippen LogP contribution in [-0.2, 0) is 4.79 Å². The van der Waals surface area contributed by atoms with Gasteiger partial charge in [-0.05, 0) is 36.8 Å². The molecular formula is C29H26N4O4. The van der Waals surface area contributed by atoms with Crippen molar-refractivity contribution in [3.05, 3.63) is 90.5 Å². The lowest BCUT2D eigenvalue weighted by Crippen LogP contribution is -2.20. The molecular weight excluding hydrogens is 468 g/mol. The van der Waals surface area contributed by atoms with Crippen molar-refractivity contribution in [1.29, 1.82) is 0 Å². The predicted octanol–water partition coefficient (Wildman–Crippen LogP) is 5.43. The van der Waals surface area contributed by atoms with Gasteiger partial charge in [0.05, 0.1) is 25.3 Å². The Morgan fingerprint density at radius 2 is 1.59 bits per heavy atom. The van der Waals surface area contributed by atoms with Crippen molar-refractivity contribution < 1.29 is 19.0 Å². The molecule has 0 fully saturated rings. The van der Waals surface area contributed by atoms with Crippen LogP contribution in [0.4, 0.5) is 5.69 Å². The number of para-hydroxylation sites is 1. The van der Waals surface area contributed by atoms with E-state index in [1.165, 1.54) is 0 Å². The van der Waals surface area contributed by atoms with E-state index < -0.39 is 0 Å². The van der Waals surface area contributed by atoms with Gasteiger partial charge in [-0.25, -0.2) is 4.68 Å². The molecule has 0 saturated heterocycles. The lowest BCUT2D eigenvalue weighted by atomic mass is 10.1. The van der Waals surface area contributed by atoms with Crippen LogP contribution in [0.25, 0.3) is 28.0 Å². The van der Waals surface area contributed by atoms with Gasteiger partial charge in [-0.1, -0.05) is 48.5 Å². The molecule has 8 nitrogen and oxygen atoms in total. The third kappa shape index (κ3) is 4.95. The maximum Gasteiger partial charge on any atom is 0.262 e. The first kappa shape index (κ1) is 23.9. The lowest BCUT2D eigenvalue weighted by Gasteiger charge is -2.11.